The van der Waals surface area contributed by atoms with Gasteiger partial charge < -0.3 is 24.8 Å². The Labute approximate surface area is 132 Å². The van der Waals surface area contributed by atoms with Crippen molar-refractivity contribution in [2.45, 2.75) is 36.7 Å². The van der Waals surface area contributed by atoms with Gasteiger partial charge in [0.05, 0.1) is 0 Å². The summed E-state index contributed by atoms with van der Waals surface area (Å²) in [6.45, 7) is 9.07. The molecule has 0 aliphatic heterocycles. The molecule has 0 saturated carbocycles. The van der Waals surface area contributed by atoms with Crippen molar-refractivity contribution in [3.63, 3.8) is 0 Å². The van der Waals surface area contributed by atoms with Gasteiger partial charge in [-0.25, -0.2) is 0 Å². The molecule has 3 heteroatoms. The molecular weight excluding hydrogens is 330 g/mol. The Morgan fingerprint density at radius 2 is 1.71 bits per heavy atom. The minimum Gasteiger partial charge on any atom is -1.00 e. The molecule has 0 bridgehead atoms. The summed E-state index contributed by atoms with van der Waals surface area (Å²) in [4.78, 5) is 0. The summed E-state index contributed by atoms with van der Waals surface area (Å²) in [6, 6.07) is 6.98. The Morgan fingerprint density at radius 1 is 1.12 bits per heavy atom. The summed E-state index contributed by atoms with van der Waals surface area (Å²) in [7, 11) is 0. The molecule has 0 radical (unpaired) electrons. The van der Waals surface area contributed by atoms with Crippen LogP contribution in [-0.4, -0.2) is 0 Å². The van der Waals surface area contributed by atoms with E-state index in [0.29, 0.717) is 3.63 Å². The summed E-state index contributed by atoms with van der Waals surface area (Å²) in [5.41, 5.74) is 6.20. The number of hydrogen-bond donors (Lipinski definition) is 0. The van der Waals surface area contributed by atoms with Gasteiger partial charge in [-0.3, -0.25) is 0 Å². The molecule has 0 spiro atoms. The molecule has 0 aromatic heterocycles. The van der Waals surface area contributed by atoms with Crippen LogP contribution in [0.4, 0.5) is 0 Å². The Hall–Kier alpha value is 0.423. The number of fused-ring (bicyclic) bond motifs is 1. The molecule has 0 heterocycles. The first kappa shape index (κ1) is 17.4. The van der Waals surface area contributed by atoms with E-state index in [1.807, 2.05) is 0 Å². The fourth-order valence-corrected chi connectivity index (χ4v) is 2.85. The normalized spacial score (nSPS) is 17.8. The Kier molecular flexibility index (Phi) is 6.19. The van der Waals surface area contributed by atoms with E-state index in [1.54, 1.807) is 24.7 Å². The van der Waals surface area contributed by atoms with Gasteiger partial charge >= 0.3 is 108 Å². The zero-order valence-corrected chi connectivity index (χ0v) is 14.6. The van der Waals surface area contributed by atoms with E-state index in [9.17, 15) is 0 Å². The van der Waals surface area contributed by atoms with E-state index in [-0.39, 0.29) is 30.2 Å². The zero-order valence-electron chi connectivity index (χ0n) is 10.6. The molecule has 1 aromatic carbocycles. The predicted octanol–water partition coefficient (Wildman–Crippen LogP) is -2.00. The number of halogens is 2. The van der Waals surface area contributed by atoms with Crippen LogP contribution in [0.15, 0.2) is 23.8 Å². The summed E-state index contributed by atoms with van der Waals surface area (Å²) < 4.78 is 0.696. The topological polar surface area (TPSA) is 0 Å². The summed E-state index contributed by atoms with van der Waals surface area (Å²) in [6.07, 6.45) is 2.35. The monoisotopic (exact) mass is 345 g/mol. The van der Waals surface area contributed by atoms with Crippen molar-refractivity contribution < 1.29 is 49.5 Å². The maximum atomic E-state index is 2.36. The van der Waals surface area contributed by atoms with E-state index in [0.717, 1.165) is 0 Å². The Balaban J connectivity index is 0.00000128. The molecule has 0 N–H and O–H groups in total. The third-order valence-electron chi connectivity index (χ3n) is 3.10. The van der Waals surface area contributed by atoms with Crippen molar-refractivity contribution in [2.24, 2.45) is 0 Å². The smallest absolute Gasteiger partial charge is 1.00 e. The first-order valence-electron chi connectivity index (χ1n) is 5.43. The van der Waals surface area contributed by atoms with Crippen molar-refractivity contribution in [2.75, 3.05) is 0 Å². The van der Waals surface area contributed by atoms with Crippen LogP contribution in [0.3, 0.4) is 0 Å². The van der Waals surface area contributed by atoms with Crippen LogP contribution in [0.5, 0.6) is 0 Å². The summed E-state index contributed by atoms with van der Waals surface area (Å²) in [5, 5.41) is 0. The van der Waals surface area contributed by atoms with Crippen LogP contribution >= 0.6 is 0 Å². The molecule has 1 unspecified atom stereocenters. The third kappa shape index (κ3) is 3.46. The molecule has 17 heavy (non-hydrogen) atoms. The van der Waals surface area contributed by atoms with Gasteiger partial charge in [-0.05, 0) is 0 Å². The largest absolute Gasteiger partial charge is 1.00 e. The van der Waals surface area contributed by atoms with Gasteiger partial charge in [0.2, 0.25) is 0 Å². The van der Waals surface area contributed by atoms with E-state index in [2.05, 4.69) is 52.0 Å². The first-order chi connectivity index (χ1) is 6.89. The molecule has 91 valence electrons. The second kappa shape index (κ2) is 6.04. The van der Waals surface area contributed by atoms with Crippen molar-refractivity contribution >= 4 is 6.08 Å². The van der Waals surface area contributed by atoms with Crippen molar-refractivity contribution in [1.29, 1.82) is 0 Å². The van der Waals surface area contributed by atoms with Crippen molar-refractivity contribution in [3.8, 4) is 0 Å². The predicted molar refractivity (Wildman–Crippen MR) is 61.5 cm³/mol. The van der Waals surface area contributed by atoms with Gasteiger partial charge in [0.15, 0.2) is 0 Å². The van der Waals surface area contributed by atoms with Crippen LogP contribution in [0.2, 0.25) is 0 Å². The molecule has 2 rings (SSSR count). The number of rotatable bonds is 0. The average Bonchev–Trinajstić information content (AvgIpc) is 2.41. The van der Waals surface area contributed by atoms with Gasteiger partial charge in [0.25, 0.3) is 0 Å². The molecule has 1 atom stereocenters. The maximum absolute atomic E-state index is 2.36. The van der Waals surface area contributed by atoms with Crippen LogP contribution in [0.25, 0.3) is 6.08 Å². The third-order valence-corrected chi connectivity index (χ3v) is 4.99. The van der Waals surface area contributed by atoms with Crippen LogP contribution in [-0.2, 0) is 30.1 Å². The molecule has 0 nitrogen and oxygen atoms in total. The molecule has 0 saturated heterocycles. The Bertz CT molecular complexity index is 430. The molecule has 1 aliphatic rings. The Morgan fingerprint density at radius 3 is 2.24 bits per heavy atom. The molecule has 1 aromatic rings. The minimum absolute atomic E-state index is 0. The van der Waals surface area contributed by atoms with E-state index in [4.69, 9.17) is 0 Å². The molecule has 0 fully saturated rings. The molecule has 0 amide bonds. The van der Waals surface area contributed by atoms with Gasteiger partial charge in [-0.15, -0.1) is 0 Å². The van der Waals surface area contributed by atoms with Gasteiger partial charge in [0, 0.05) is 0 Å². The first-order valence-corrected chi connectivity index (χ1v) is 6.85. The van der Waals surface area contributed by atoms with E-state index in [1.165, 1.54) is 22.3 Å². The molecule has 1 aliphatic carbocycles. The minimum atomic E-state index is 0. The van der Waals surface area contributed by atoms with Gasteiger partial charge in [-0.1, -0.05) is 0 Å². The van der Waals surface area contributed by atoms with E-state index >= 15 is 0 Å². The van der Waals surface area contributed by atoms with Crippen LogP contribution < -0.4 is 24.8 Å². The summed E-state index contributed by atoms with van der Waals surface area (Å²) >= 11 is 1.60. The molecular formula is C14H17Cl2Zr. The zero-order chi connectivity index (χ0) is 11.2. The fourth-order valence-electron chi connectivity index (χ4n) is 2.00. The SMILES string of the molecule is CC1=Cc2cc(C(C)(C)C)ccc2[CH]1[Zr+2].[Cl-].[Cl-]. The number of allylic oxidation sites excluding steroid dienone is 1. The van der Waals surface area contributed by atoms with Crippen molar-refractivity contribution in [1.82, 2.24) is 0 Å². The standard InChI is InChI=1S/C14H17.2ClH.Zr/c1-10-7-11-5-6-13(14(2,3)4)9-12(11)8-10;;;/h5-9H,1-4H3;2*1H;/q;;;+2/p-2. The van der Waals surface area contributed by atoms with Crippen molar-refractivity contribution in [3.05, 3.63) is 40.5 Å². The maximum Gasteiger partial charge on any atom is -1.00 e. The second-order valence-electron chi connectivity index (χ2n) is 5.42. The average molecular weight is 347 g/mol. The fraction of sp³-hybridized carbons (Fsp3) is 0.429. The van der Waals surface area contributed by atoms with Crippen LogP contribution in [0, 0.1) is 0 Å². The van der Waals surface area contributed by atoms with Gasteiger partial charge in [0.1, 0.15) is 0 Å². The number of benzene rings is 1. The van der Waals surface area contributed by atoms with Gasteiger partial charge in [-0.2, -0.15) is 0 Å². The number of hydrogen-bond acceptors (Lipinski definition) is 0. The van der Waals surface area contributed by atoms with Crippen LogP contribution in [0.1, 0.15) is 48.0 Å². The quantitative estimate of drug-likeness (QED) is 0.509. The van der Waals surface area contributed by atoms with E-state index < -0.39 is 0 Å². The second-order valence-corrected chi connectivity index (χ2v) is 6.83. The summed E-state index contributed by atoms with van der Waals surface area (Å²) in [5.74, 6) is 0.